The first kappa shape index (κ1) is 15.5. The minimum atomic E-state index is -0.222. The van der Waals surface area contributed by atoms with E-state index < -0.39 is 0 Å². The first-order valence-electron chi connectivity index (χ1n) is 7.82. The lowest BCUT2D eigenvalue weighted by molar-refractivity contribution is -0.117. The van der Waals surface area contributed by atoms with Gasteiger partial charge in [0.2, 0.25) is 0 Å². The first-order chi connectivity index (χ1) is 10.2. The van der Waals surface area contributed by atoms with Crippen LogP contribution in [0.4, 0.5) is 0 Å². The third-order valence-electron chi connectivity index (χ3n) is 4.11. The van der Waals surface area contributed by atoms with Gasteiger partial charge in [-0.2, -0.15) is 0 Å². The number of carbonyl (C=O) groups excluding carboxylic acids is 2. The molecule has 0 bridgehead atoms. The van der Waals surface area contributed by atoms with Crippen molar-refractivity contribution < 1.29 is 9.59 Å². The van der Waals surface area contributed by atoms with Crippen LogP contribution in [0.25, 0.3) is 5.57 Å². The molecule has 3 heteroatoms. The van der Waals surface area contributed by atoms with Crippen LogP contribution in [0.3, 0.4) is 0 Å². The summed E-state index contributed by atoms with van der Waals surface area (Å²) in [4.78, 5) is 25.1. The van der Waals surface area contributed by atoms with Crippen molar-refractivity contribution in [3.63, 3.8) is 0 Å². The maximum absolute atomic E-state index is 12.6. The van der Waals surface area contributed by atoms with E-state index in [1.54, 1.807) is 0 Å². The van der Waals surface area contributed by atoms with Gasteiger partial charge in [-0.05, 0) is 36.3 Å². The van der Waals surface area contributed by atoms with Crippen molar-refractivity contribution in [2.45, 2.75) is 40.0 Å². The molecule has 0 saturated carbocycles. The largest absolute Gasteiger partial charge is 0.352 e. The molecule has 1 aromatic carbocycles. The quantitative estimate of drug-likeness (QED) is 0.812. The summed E-state index contributed by atoms with van der Waals surface area (Å²) < 4.78 is 0. The van der Waals surface area contributed by atoms with E-state index in [1.807, 2.05) is 31.2 Å². The van der Waals surface area contributed by atoms with Crippen molar-refractivity contribution in [3.05, 3.63) is 41.0 Å². The lowest BCUT2D eigenvalue weighted by atomic mass is 9.88. The average Bonchev–Trinajstić information content (AvgIpc) is 2.80. The minimum absolute atomic E-state index is 0.124. The second-order valence-corrected chi connectivity index (χ2v) is 5.43. The summed E-state index contributed by atoms with van der Waals surface area (Å²) in [5.41, 5.74) is 2.91. The molecule has 1 aromatic rings. The Bertz CT molecular complexity index is 583. The number of ketones is 1. The van der Waals surface area contributed by atoms with Crippen LogP contribution < -0.4 is 5.32 Å². The van der Waals surface area contributed by atoms with Gasteiger partial charge in [-0.25, -0.2) is 0 Å². The summed E-state index contributed by atoms with van der Waals surface area (Å²) in [5, 5.41) is 2.85. The van der Waals surface area contributed by atoms with Crippen molar-refractivity contribution in [2.75, 3.05) is 6.54 Å². The number of amides is 1. The van der Waals surface area contributed by atoms with Gasteiger partial charge in [0.25, 0.3) is 5.91 Å². The molecule has 1 aliphatic rings. The molecule has 0 fully saturated rings. The Morgan fingerprint density at radius 3 is 2.29 bits per heavy atom. The van der Waals surface area contributed by atoms with Gasteiger partial charge < -0.3 is 5.32 Å². The molecule has 3 nitrogen and oxygen atoms in total. The number of benzene rings is 1. The molecule has 112 valence electrons. The fourth-order valence-electron chi connectivity index (χ4n) is 2.98. The number of fused-ring (bicyclic) bond motifs is 1. The van der Waals surface area contributed by atoms with Gasteiger partial charge in [0.15, 0.2) is 5.78 Å². The molecule has 21 heavy (non-hydrogen) atoms. The molecule has 2 rings (SSSR count). The Labute approximate surface area is 126 Å². The highest BCUT2D eigenvalue weighted by Crippen LogP contribution is 2.40. The Balaban J connectivity index is 2.52. The van der Waals surface area contributed by atoms with Crippen molar-refractivity contribution in [2.24, 2.45) is 5.92 Å². The van der Waals surface area contributed by atoms with Gasteiger partial charge in [-0.1, -0.05) is 45.0 Å². The predicted molar refractivity (Wildman–Crippen MR) is 85.1 cm³/mol. The predicted octanol–water partition coefficient (Wildman–Crippen LogP) is 3.60. The molecular formula is C18H23NO2. The second-order valence-electron chi connectivity index (χ2n) is 5.43. The fraction of sp³-hybridized carbons (Fsp3) is 0.444. The zero-order valence-electron chi connectivity index (χ0n) is 13.0. The minimum Gasteiger partial charge on any atom is -0.352 e. The Hall–Kier alpha value is -1.90. The number of rotatable bonds is 6. The van der Waals surface area contributed by atoms with Crippen LogP contribution in [0.2, 0.25) is 0 Å². The van der Waals surface area contributed by atoms with E-state index in [1.165, 1.54) is 0 Å². The van der Waals surface area contributed by atoms with Gasteiger partial charge in [0, 0.05) is 12.1 Å². The zero-order chi connectivity index (χ0) is 15.4. The normalized spacial score (nSPS) is 13.8. The van der Waals surface area contributed by atoms with E-state index in [4.69, 9.17) is 0 Å². The van der Waals surface area contributed by atoms with Gasteiger partial charge >= 0.3 is 0 Å². The van der Waals surface area contributed by atoms with E-state index in [0.29, 0.717) is 17.7 Å². The van der Waals surface area contributed by atoms with Crippen LogP contribution in [-0.2, 0) is 4.79 Å². The number of hydrogen-bond donors (Lipinski definition) is 1. The van der Waals surface area contributed by atoms with Crippen molar-refractivity contribution in [1.29, 1.82) is 0 Å². The van der Waals surface area contributed by atoms with Crippen LogP contribution in [0.1, 0.15) is 56.0 Å². The number of allylic oxidation sites excluding steroid dienone is 1. The number of Topliss-reactive ketones (excluding diaryl/α,β-unsaturated/α-hetero) is 1. The van der Waals surface area contributed by atoms with Gasteiger partial charge in [0.05, 0.1) is 5.57 Å². The smallest absolute Gasteiger partial charge is 0.255 e. The number of nitrogens with one attached hydrogen (secondary N) is 1. The maximum Gasteiger partial charge on any atom is 0.255 e. The van der Waals surface area contributed by atoms with E-state index >= 15 is 0 Å². The van der Waals surface area contributed by atoms with Gasteiger partial charge in [-0.15, -0.1) is 0 Å². The molecule has 0 atom stereocenters. The van der Waals surface area contributed by atoms with E-state index in [0.717, 1.165) is 30.4 Å². The summed E-state index contributed by atoms with van der Waals surface area (Å²) in [6.07, 6.45) is 2.72. The van der Waals surface area contributed by atoms with Crippen LogP contribution in [-0.4, -0.2) is 18.2 Å². The lowest BCUT2D eigenvalue weighted by Gasteiger charge is -2.17. The van der Waals surface area contributed by atoms with Gasteiger partial charge in [-0.3, -0.25) is 9.59 Å². The molecule has 0 aliphatic heterocycles. The lowest BCUT2D eigenvalue weighted by Crippen LogP contribution is -2.28. The first-order valence-corrected chi connectivity index (χ1v) is 7.82. The average molecular weight is 285 g/mol. The van der Waals surface area contributed by atoms with E-state index in [-0.39, 0.29) is 17.6 Å². The molecular weight excluding hydrogens is 262 g/mol. The van der Waals surface area contributed by atoms with Crippen LogP contribution in [0.15, 0.2) is 29.8 Å². The summed E-state index contributed by atoms with van der Waals surface area (Å²) in [6, 6.07) is 7.57. The van der Waals surface area contributed by atoms with Crippen molar-refractivity contribution in [3.8, 4) is 0 Å². The van der Waals surface area contributed by atoms with Crippen molar-refractivity contribution >= 4 is 17.3 Å². The summed E-state index contributed by atoms with van der Waals surface area (Å²) in [7, 11) is 0. The van der Waals surface area contributed by atoms with Crippen molar-refractivity contribution in [1.82, 2.24) is 5.32 Å². The summed E-state index contributed by atoms with van der Waals surface area (Å²) in [5.74, 6) is -0.0963. The third-order valence-corrected chi connectivity index (χ3v) is 4.11. The number of hydrogen-bond acceptors (Lipinski definition) is 2. The van der Waals surface area contributed by atoms with E-state index in [2.05, 4.69) is 19.2 Å². The monoisotopic (exact) mass is 285 g/mol. The van der Waals surface area contributed by atoms with E-state index in [9.17, 15) is 9.59 Å². The van der Waals surface area contributed by atoms with Crippen LogP contribution >= 0.6 is 0 Å². The molecule has 0 radical (unpaired) electrons. The highest BCUT2D eigenvalue weighted by atomic mass is 16.2. The topological polar surface area (TPSA) is 46.2 Å². The molecule has 1 amide bonds. The zero-order valence-corrected chi connectivity index (χ0v) is 13.0. The summed E-state index contributed by atoms with van der Waals surface area (Å²) in [6.45, 7) is 6.81. The number of carbonyl (C=O) groups is 2. The van der Waals surface area contributed by atoms with Crippen LogP contribution in [0.5, 0.6) is 0 Å². The molecule has 1 aliphatic carbocycles. The Morgan fingerprint density at radius 1 is 1.10 bits per heavy atom. The van der Waals surface area contributed by atoms with Gasteiger partial charge in [0.1, 0.15) is 0 Å². The fourth-order valence-corrected chi connectivity index (χ4v) is 2.98. The maximum atomic E-state index is 12.6. The molecule has 1 N–H and O–H groups in total. The summed E-state index contributed by atoms with van der Waals surface area (Å²) >= 11 is 0. The molecule has 0 heterocycles. The SMILES string of the molecule is CCCNC(=O)C1=C(C(CC)CC)c2ccccc2C1=O. The molecule has 0 aromatic heterocycles. The molecule has 0 saturated heterocycles. The third kappa shape index (κ3) is 2.78. The van der Waals surface area contributed by atoms with Crippen LogP contribution in [0, 0.1) is 5.92 Å². The highest BCUT2D eigenvalue weighted by Gasteiger charge is 2.35. The molecule has 0 spiro atoms. The molecule has 0 unspecified atom stereocenters. The highest BCUT2D eigenvalue weighted by molar-refractivity contribution is 6.34. The standard InChI is InChI=1S/C18H23NO2/c1-4-11-19-18(21)16-15(12(5-2)6-3)13-9-7-8-10-14(13)17(16)20/h7-10,12H,4-6,11H2,1-3H3,(H,19,21). The Morgan fingerprint density at radius 2 is 1.71 bits per heavy atom. The second kappa shape index (κ2) is 6.70. The Kier molecular flexibility index (Phi) is 4.94.